The van der Waals surface area contributed by atoms with Crippen LogP contribution in [0.2, 0.25) is 0 Å². The zero-order valence-corrected chi connectivity index (χ0v) is 10.8. The Balaban J connectivity index is 2.28. The number of ether oxygens (including phenoxy) is 1. The summed E-state index contributed by atoms with van der Waals surface area (Å²) in [5.74, 6) is 1.09. The van der Waals surface area contributed by atoms with Gasteiger partial charge in [-0.1, -0.05) is 17.8 Å². The normalized spacial score (nSPS) is 10.2. The molecule has 6 heteroatoms. The summed E-state index contributed by atoms with van der Waals surface area (Å²) in [4.78, 5) is 8.41. The highest BCUT2D eigenvalue weighted by Crippen LogP contribution is 2.24. The highest BCUT2D eigenvalue weighted by atomic mass is 32.2. The van der Waals surface area contributed by atoms with Crippen LogP contribution in [0.25, 0.3) is 0 Å². The molecule has 0 saturated carbocycles. The summed E-state index contributed by atoms with van der Waals surface area (Å²) in [7, 11) is 1.76. The molecule has 2 aromatic rings. The van der Waals surface area contributed by atoms with E-state index in [4.69, 9.17) is 4.74 Å². The summed E-state index contributed by atoms with van der Waals surface area (Å²) >= 11 is 1.41. The van der Waals surface area contributed by atoms with Crippen LogP contribution in [0.1, 0.15) is 0 Å². The molecule has 0 aliphatic heterocycles. The van der Waals surface area contributed by atoms with Crippen LogP contribution in [0, 0.1) is 5.82 Å². The van der Waals surface area contributed by atoms with E-state index in [1.54, 1.807) is 25.2 Å². The van der Waals surface area contributed by atoms with Crippen LogP contribution in [0.5, 0.6) is 11.6 Å². The van der Waals surface area contributed by atoms with E-state index in [0.29, 0.717) is 22.6 Å². The van der Waals surface area contributed by atoms with Crippen molar-refractivity contribution in [3.63, 3.8) is 0 Å². The maximum absolute atomic E-state index is 13.0. The fourth-order valence-electron chi connectivity index (χ4n) is 1.33. The number of nitrogens with zero attached hydrogens (tertiary/aromatic N) is 2. The molecule has 0 amide bonds. The number of anilines is 1. The van der Waals surface area contributed by atoms with Gasteiger partial charge in [-0.2, -0.15) is 4.98 Å². The fourth-order valence-corrected chi connectivity index (χ4v) is 1.70. The van der Waals surface area contributed by atoms with Crippen LogP contribution < -0.4 is 10.1 Å². The first-order valence-electron chi connectivity index (χ1n) is 5.25. The first kappa shape index (κ1) is 12.6. The van der Waals surface area contributed by atoms with Crippen LogP contribution in [0.3, 0.4) is 0 Å². The van der Waals surface area contributed by atoms with Crippen LogP contribution in [0.4, 0.5) is 10.2 Å². The van der Waals surface area contributed by atoms with E-state index < -0.39 is 0 Å². The minimum Gasteiger partial charge on any atom is -0.439 e. The molecule has 2 rings (SSSR count). The lowest BCUT2D eigenvalue weighted by atomic mass is 10.3. The largest absolute Gasteiger partial charge is 0.439 e. The van der Waals surface area contributed by atoms with Gasteiger partial charge in [0.25, 0.3) is 0 Å². The maximum atomic E-state index is 13.0. The number of rotatable bonds is 4. The molecule has 4 nitrogen and oxygen atoms in total. The van der Waals surface area contributed by atoms with Gasteiger partial charge in [0.15, 0.2) is 5.16 Å². The van der Waals surface area contributed by atoms with Gasteiger partial charge >= 0.3 is 0 Å². The van der Waals surface area contributed by atoms with Crippen LogP contribution in [0.15, 0.2) is 35.5 Å². The van der Waals surface area contributed by atoms with Gasteiger partial charge in [-0.3, -0.25) is 0 Å². The van der Waals surface area contributed by atoms with Gasteiger partial charge in [0, 0.05) is 19.2 Å². The number of nitrogens with one attached hydrogen (secondary N) is 1. The van der Waals surface area contributed by atoms with E-state index in [9.17, 15) is 4.39 Å². The van der Waals surface area contributed by atoms with E-state index in [-0.39, 0.29) is 5.82 Å². The Kier molecular flexibility index (Phi) is 3.99. The Morgan fingerprint density at radius 3 is 2.78 bits per heavy atom. The number of hydrogen-bond donors (Lipinski definition) is 1. The zero-order valence-electron chi connectivity index (χ0n) is 9.98. The zero-order chi connectivity index (χ0) is 13.0. The van der Waals surface area contributed by atoms with Crippen LogP contribution in [-0.4, -0.2) is 23.3 Å². The average Bonchev–Trinajstić information content (AvgIpc) is 2.38. The van der Waals surface area contributed by atoms with Crippen molar-refractivity contribution in [1.29, 1.82) is 0 Å². The summed E-state index contributed by atoms with van der Waals surface area (Å²) in [6, 6.07) is 7.58. The summed E-state index contributed by atoms with van der Waals surface area (Å²) in [6.45, 7) is 0. The number of halogens is 1. The molecular formula is C12H12FN3OS. The summed E-state index contributed by atoms with van der Waals surface area (Å²) in [6.07, 6.45) is 1.88. The second-order valence-corrected chi connectivity index (χ2v) is 4.16. The van der Waals surface area contributed by atoms with Crippen molar-refractivity contribution in [3.8, 4) is 11.6 Å². The molecule has 94 valence electrons. The van der Waals surface area contributed by atoms with E-state index >= 15 is 0 Å². The summed E-state index contributed by atoms with van der Waals surface area (Å²) < 4.78 is 18.5. The molecule has 18 heavy (non-hydrogen) atoms. The maximum Gasteiger partial charge on any atom is 0.225 e. The molecular weight excluding hydrogens is 253 g/mol. The van der Waals surface area contributed by atoms with Crippen molar-refractivity contribution >= 4 is 17.6 Å². The molecule has 1 heterocycles. The lowest BCUT2D eigenvalue weighted by Crippen LogP contribution is -1.98. The van der Waals surface area contributed by atoms with E-state index in [1.807, 2.05) is 6.26 Å². The predicted octanol–water partition coefficient (Wildman–Crippen LogP) is 3.17. The summed E-state index contributed by atoms with van der Waals surface area (Å²) in [5, 5.41) is 3.51. The molecule has 0 radical (unpaired) electrons. The van der Waals surface area contributed by atoms with Gasteiger partial charge in [-0.25, -0.2) is 9.37 Å². The highest BCUT2D eigenvalue weighted by molar-refractivity contribution is 7.98. The van der Waals surface area contributed by atoms with Gasteiger partial charge in [0.2, 0.25) is 5.88 Å². The lowest BCUT2D eigenvalue weighted by Gasteiger charge is -2.07. The van der Waals surface area contributed by atoms with Crippen molar-refractivity contribution in [2.45, 2.75) is 5.16 Å². The first-order chi connectivity index (χ1) is 8.71. The Morgan fingerprint density at radius 2 is 2.11 bits per heavy atom. The third-order valence-corrected chi connectivity index (χ3v) is 2.69. The van der Waals surface area contributed by atoms with E-state index in [0.717, 1.165) is 0 Å². The lowest BCUT2D eigenvalue weighted by molar-refractivity contribution is 0.451. The Morgan fingerprint density at radius 1 is 1.28 bits per heavy atom. The van der Waals surface area contributed by atoms with Crippen molar-refractivity contribution < 1.29 is 9.13 Å². The smallest absolute Gasteiger partial charge is 0.225 e. The van der Waals surface area contributed by atoms with Crippen LogP contribution in [-0.2, 0) is 0 Å². The summed E-state index contributed by atoms with van der Waals surface area (Å²) in [5.41, 5.74) is 0. The van der Waals surface area contributed by atoms with Crippen LogP contribution >= 0.6 is 11.8 Å². The second kappa shape index (κ2) is 5.68. The van der Waals surface area contributed by atoms with Crippen molar-refractivity contribution in [2.75, 3.05) is 18.6 Å². The van der Waals surface area contributed by atoms with Gasteiger partial charge in [-0.05, 0) is 18.4 Å². The Hall–Kier alpha value is -1.82. The Bertz CT molecular complexity index is 528. The molecule has 0 spiro atoms. The minimum atomic E-state index is -0.347. The standard InChI is InChI=1S/C12H12FN3OS/c1-14-10-7-11(16-12(15-10)18-2)17-9-5-3-4-8(13)6-9/h3-7H,1-2H3,(H,14,15,16). The molecule has 0 fully saturated rings. The number of aromatic nitrogens is 2. The Labute approximate surface area is 109 Å². The monoisotopic (exact) mass is 265 g/mol. The third kappa shape index (κ3) is 3.10. The molecule has 0 aliphatic rings. The van der Waals surface area contributed by atoms with Crippen molar-refractivity contribution in [2.24, 2.45) is 0 Å². The molecule has 0 unspecified atom stereocenters. The topological polar surface area (TPSA) is 47.0 Å². The second-order valence-electron chi connectivity index (χ2n) is 3.39. The molecule has 0 atom stereocenters. The first-order valence-corrected chi connectivity index (χ1v) is 6.48. The van der Waals surface area contributed by atoms with Crippen molar-refractivity contribution in [1.82, 2.24) is 9.97 Å². The molecule has 0 bridgehead atoms. The van der Waals surface area contributed by atoms with Gasteiger partial charge in [-0.15, -0.1) is 0 Å². The minimum absolute atomic E-state index is 0.347. The van der Waals surface area contributed by atoms with E-state index in [1.165, 1.54) is 23.9 Å². The average molecular weight is 265 g/mol. The molecule has 1 aromatic heterocycles. The van der Waals surface area contributed by atoms with Gasteiger partial charge < -0.3 is 10.1 Å². The fraction of sp³-hybridized carbons (Fsp3) is 0.167. The van der Waals surface area contributed by atoms with Gasteiger partial charge in [0.1, 0.15) is 17.4 Å². The molecule has 1 aromatic carbocycles. The highest BCUT2D eigenvalue weighted by Gasteiger charge is 2.05. The van der Waals surface area contributed by atoms with E-state index in [2.05, 4.69) is 15.3 Å². The number of thioether (sulfide) groups is 1. The molecule has 0 saturated heterocycles. The molecule has 1 N–H and O–H groups in total. The molecule has 0 aliphatic carbocycles. The quantitative estimate of drug-likeness (QED) is 0.679. The van der Waals surface area contributed by atoms with Gasteiger partial charge in [0.05, 0.1) is 0 Å². The SMILES string of the molecule is CNc1cc(Oc2cccc(F)c2)nc(SC)n1. The third-order valence-electron chi connectivity index (χ3n) is 2.14. The number of hydrogen-bond acceptors (Lipinski definition) is 5. The number of benzene rings is 1. The predicted molar refractivity (Wildman–Crippen MR) is 69.8 cm³/mol. The van der Waals surface area contributed by atoms with Crippen molar-refractivity contribution in [3.05, 3.63) is 36.1 Å².